The van der Waals surface area contributed by atoms with Crippen LogP contribution in [0.15, 0.2) is 66.1 Å². The standard InChI is InChI=1S/C22H25ClN2O5S/c1-3-5-13-24-21(26)16-30-22(27)17-9-8-10-18(15-17)31(28,29)25(14-4-2)20-12-7-6-11-19(20)23/h4,6-12,15H,2-3,5,13-14,16H2,1H3,(H,24,26). The molecule has 9 heteroatoms. The predicted octanol–water partition coefficient (Wildman–Crippen LogP) is 3.79. The van der Waals surface area contributed by atoms with Crippen LogP contribution in [0, 0.1) is 0 Å². The van der Waals surface area contributed by atoms with Gasteiger partial charge in [-0.05, 0) is 36.8 Å². The number of amides is 1. The highest BCUT2D eigenvalue weighted by Gasteiger charge is 2.26. The number of carbonyl (C=O) groups excluding carboxylic acids is 2. The maximum Gasteiger partial charge on any atom is 0.338 e. The van der Waals surface area contributed by atoms with Gasteiger partial charge in [-0.15, -0.1) is 6.58 Å². The highest BCUT2D eigenvalue weighted by molar-refractivity contribution is 7.92. The number of nitrogens with zero attached hydrogens (tertiary/aromatic N) is 1. The second-order valence-electron chi connectivity index (χ2n) is 6.58. The molecular formula is C22H25ClN2O5S. The van der Waals surface area contributed by atoms with E-state index in [4.69, 9.17) is 16.3 Å². The summed E-state index contributed by atoms with van der Waals surface area (Å²) in [4.78, 5) is 23.9. The number of hydrogen-bond acceptors (Lipinski definition) is 5. The number of carbonyl (C=O) groups is 2. The normalized spacial score (nSPS) is 10.9. The average Bonchev–Trinajstić information content (AvgIpc) is 2.76. The van der Waals surface area contributed by atoms with E-state index in [0.29, 0.717) is 12.2 Å². The number of anilines is 1. The van der Waals surface area contributed by atoms with Crippen molar-refractivity contribution in [3.05, 3.63) is 71.8 Å². The SMILES string of the molecule is C=CCN(c1ccccc1Cl)S(=O)(=O)c1cccc(C(=O)OCC(=O)NCCCC)c1. The Hall–Kier alpha value is -2.84. The lowest BCUT2D eigenvalue weighted by Crippen LogP contribution is -2.31. The minimum Gasteiger partial charge on any atom is -0.452 e. The zero-order valence-electron chi connectivity index (χ0n) is 17.2. The summed E-state index contributed by atoms with van der Waals surface area (Å²) >= 11 is 6.19. The first-order chi connectivity index (χ1) is 14.8. The molecule has 0 aliphatic heterocycles. The smallest absolute Gasteiger partial charge is 0.338 e. The summed E-state index contributed by atoms with van der Waals surface area (Å²) in [6.07, 6.45) is 3.20. The summed E-state index contributed by atoms with van der Waals surface area (Å²) in [5.74, 6) is -1.21. The van der Waals surface area contributed by atoms with Crippen LogP contribution in [0.1, 0.15) is 30.1 Å². The molecule has 0 aliphatic carbocycles. The van der Waals surface area contributed by atoms with Gasteiger partial charge in [0.25, 0.3) is 15.9 Å². The minimum absolute atomic E-state index is 0.0140. The molecule has 0 unspecified atom stereocenters. The molecule has 31 heavy (non-hydrogen) atoms. The van der Waals surface area contributed by atoms with Crippen molar-refractivity contribution in [2.45, 2.75) is 24.7 Å². The molecule has 0 saturated heterocycles. The molecular weight excluding hydrogens is 440 g/mol. The van der Waals surface area contributed by atoms with Crippen molar-refractivity contribution in [3.63, 3.8) is 0 Å². The monoisotopic (exact) mass is 464 g/mol. The third-order valence-electron chi connectivity index (χ3n) is 4.26. The van der Waals surface area contributed by atoms with Gasteiger partial charge in [0.1, 0.15) is 0 Å². The Labute approximate surface area is 187 Å². The number of unbranched alkanes of at least 4 members (excludes halogenated alkanes) is 1. The second-order valence-corrected chi connectivity index (χ2v) is 8.85. The van der Waals surface area contributed by atoms with E-state index in [1.165, 1.54) is 30.3 Å². The Balaban J connectivity index is 2.22. The van der Waals surface area contributed by atoms with Crippen LogP contribution in [-0.4, -0.2) is 40.0 Å². The Morgan fingerprint density at radius 1 is 1.19 bits per heavy atom. The molecule has 2 aromatic carbocycles. The van der Waals surface area contributed by atoms with Crippen molar-refractivity contribution < 1.29 is 22.7 Å². The Bertz CT molecular complexity index is 1040. The summed E-state index contributed by atoms with van der Waals surface area (Å²) in [5, 5.41) is 2.90. The van der Waals surface area contributed by atoms with Crippen molar-refractivity contribution in [1.82, 2.24) is 5.32 Å². The topological polar surface area (TPSA) is 92.8 Å². The van der Waals surface area contributed by atoms with E-state index in [-0.39, 0.29) is 22.0 Å². The molecule has 0 aliphatic rings. The second kappa shape index (κ2) is 11.5. The molecule has 0 spiro atoms. The fourth-order valence-corrected chi connectivity index (χ4v) is 4.47. The number of halogens is 1. The molecule has 7 nitrogen and oxygen atoms in total. The first-order valence-corrected chi connectivity index (χ1v) is 11.5. The first-order valence-electron chi connectivity index (χ1n) is 9.73. The molecule has 166 valence electrons. The molecule has 0 bridgehead atoms. The lowest BCUT2D eigenvalue weighted by molar-refractivity contribution is -0.124. The highest BCUT2D eigenvalue weighted by atomic mass is 35.5. The summed E-state index contributed by atoms with van der Waals surface area (Å²) in [6.45, 7) is 5.65. The molecule has 0 heterocycles. The van der Waals surface area contributed by atoms with Crippen LogP contribution < -0.4 is 9.62 Å². The van der Waals surface area contributed by atoms with Gasteiger partial charge in [0, 0.05) is 6.54 Å². The van der Waals surface area contributed by atoms with E-state index < -0.39 is 28.5 Å². The van der Waals surface area contributed by atoms with E-state index >= 15 is 0 Å². The van der Waals surface area contributed by atoms with Gasteiger partial charge in [0.05, 0.1) is 27.7 Å². The number of benzene rings is 2. The van der Waals surface area contributed by atoms with E-state index in [2.05, 4.69) is 11.9 Å². The molecule has 0 fully saturated rings. The maximum atomic E-state index is 13.3. The van der Waals surface area contributed by atoms with E-state index in [1.807, 2.05) is 6.92 Å². The van der Waals surface area contributed by atoms with Crippen LogP contribution in [0.4, 0.5) is 5.69 Å². The molecule has 1 N–H and O–H groups in total. The maximum absolute atomic E-state index is 13.3. The third kappa shape index (κ3) is 6.57. The largest absolute Gasteiger partial charge is 0.452 e. The van der Waals surface area contributed by atoms with Crippen LogP contribution in [0.2, 0.25) is 5.02 Å². The molecule has 0 aromatic heterocycles. The zero-order chi connectivity index (χ0) is 22.9. The summed E-state index contributed by atoms with van der Waals surface area (Å²) in [6, 6.07) is 12.0. The number of esters is 1. The Morgan fingerprint density at radius 3 is 2.61 bits per heavy atom. The number of rotatable bonds is 11. The van der Waals surface area contributed by atoms with Crippen molar-refractivity contribution in [3.8, 4) is 0 Å². The van der Waals surface area contributed by atoms with Crippen LogP contribution in [0.5, 0.6) is 0 Å². The lowest BCUT2D eigenvalue weighted by atomic mass is 10.2. The molecule has 0 atom stereocenters. The number of nitrogens with one attached hydrogen (secondary N) is 1. The van der Waals surface area contributed by atoms with Crippen LogP contribution in [0.3, 0.4) is 0 Å². The Morgan fingerprint density at radius 2 is 1.94 bits per heavy atom. The quantitative estimate of drug-likeness (QED) is 0.310. The summed E-state index contributed by atoms with van der Waals surface area (Å²) in [7, 11) is -4.05. The van der Waals surface area contributed by atoms with Crippen molar-refractivity contribution in [2.75, 3.05) is 24.0 Å². The average molecular weight is 465 g/mol. The molecule has 0 saturated carbocycles. The highest BCUT2D eigenvalue weighted by Crippen LogP contribution is 2.30. The molecule has 1 amide bonds. The van der Waals surface area contributed by atoms with Crippen LogP contribution in [0.25, 0.3) is 0 Å². The number of hydrogen-bond donors (Lipinski definition) is 1. The molecule has 2 rings (SSSR count). The van der Waals surface area contributed by atoms with E-state index in [9.17, 15) is 18.0 Å². The van der Waals surface area contributed by atoms with Crippen LogP contribution >= 0.6 is 11.6 Å². The van der Waals surface area contributed by atoms with E-state index in [0.717, 1.165) is 17.1 Å². The third-order valence-corrected chi connectivity index (χ3v) is 6.36. The van der Waals surface area contributed by atoms with Crippen molar-refractivity contribution >= 4 is 39.2 Å². The van der Waals surface area contributed by atoms with Gasteiger partial charge in [-0.25, -0.2) is 13.2 Å². The van der Waals surface area contributed by atoms with Crippen molar-refractivity contribution in [2.24, 2.45) is 0 Å². The van der Waals surface area contributed by atoms with Gasteiger partial charge in [0.2, 0.25) is 0 Å². The zero-order valence-corrected chi connectivity index (χ0v) is 18.8. The molecule has 0 radical (unpaired) electrons. The first kappa shape index (κ1) is 24.4. The minimum atomic E-state index is -4.05. The summed E-state index contributed by atoms with van der Waals surface area (Å²) < 4.78 is 32.6. The van der Waals surface area contributed by atoms with Gasteiger partial charge in [-0.1, -0.05) is 49.2 Å². The van der Waals surface area contributed by atoms with Gasteiger partial charge in [0.15, 0.2) is 6.61 Å². The van der Waals surface area contributed by atoms with Crippen LogP contribution in [-0.2, 0) is 19.6 Å². The van der Waals surface area contributed by atoms with Crippen molar-refractivity contribution in [1.29, 1.82) is 0 Å². The molecule has 2 aromatic rings. The summed E-state index contributed by atoms with van der Waals surface area (Å²) in [5.41, 5.74) is 0.306. The van der Waals surface area contributed by atoms with Gasteiger partial charge < -0.3 is 10.1 Å². The number of sulfonamides is 1. The van der Waals surface area contributed by atoms with E-state index in [1.54, 1.807) is 24.3 Å². The fourth-order valence-electron chi connectivity index (χ4n) is 2.68. The van der Waals surface area contributed by atoms with Gasteiger partial charge in [-0.2, -0.15) is 0 Å². The number of ether oxygens (including phenoxy) is 1. The fraction of sp³-hybridized carbons (Fsp3) is 0.273. The van der Waals surface area contributed by atoms with Gasteiger partial charge >= 0.3 is 5.97 Å². The Kier molecular flexibility index (Phi) is 9.08. The predicted molar refractivity (Wildman–Crippen MR) is 121 cm³/mol. The van der Waals surface area contributed by atoms with Gasteiger partial charge in [-0.3, -0.25) is 9.10 Å². The lowest BCUT2D eigenvalue weighted by Gasteiger charge is -2.24. The number of para-hydroxylation sites is 1.